The van der Waals surface area contributed by atoms with Gasteiger partial charge in [0.1, 0.15) is 0 Å². The van der Waals surface area contributed by atoms with E-state index in [2.05, 4.69) is 20.9 Å². The number of nitrogens with zero attached hydrogens (tertiary/aromatic N) is 3. The zero-order valence-electron chi connectivity index (χ0n) is 18.4. The number of guanidine groups is 1. The maximum absolute atomic E-state index is 11.9. The van der Waals surface area contributed by atoms with Gasteiger partial charge in [0.15, 0.2) is 5.96 Å². The van der Waals surface area contributed by atoms with E-state index in [9.17, 15) is 9.59 Å². The van der Waals surface area contributed by atoms with Gasteiger partial charge in [-0.25, -0.2) is 14.6 Å². The summed E-state index contributed by atoms with van der Waals surface area (Å²) >= 11 is 0. The summed E-state index contributed by atoms with van der Waals surface area (Å²) in [7, 11) is 0. The van der Waals surface area contributed by atoms with Gasteiger partial charge in [-0.2, -0.15) is 0 Å². The number of benzene rings is 1. The Balaban J connectivity index is 1.91. The highest BCUT2D eigenvalue weighted by molar-refractivity contribution is 5.89. The van der Waals surface area contributed by atoms with Crippen LogP contribution in [0, 0.1) is 0 Å². The van der Waals surface area contributed by atoms with Gasteiger partial charge in [-0.1, -0.05) is 12.1 Å². The fraction of sp³-hybridized carbons (Fsp3) is 0.571. The summed E-state index contributed by atoms with van der Waals surface area (Å²) < 4.78 is 5.07. The van der Waals surface area contributed by atoms with Gasteiger partial charge in [0.25, 0.3) is 0 Å². The van der Waals surface area contributed by atoms with Crippen LogP contribution in [-0.2, 0) is 11.3 Å². The molecule has 1 saturated heterocycles. The van der Waals surface area contributed by atoms with Gasteiger partial charge in [0.05, 0.1) is 13.2 Å². The van der Waals surface area contributed by atoms with Crippen molar-refractivity contribution in [2.45, 2.75) is 40.3 Å². The molecule has 0 saturated carbocycles. The molecule has 1 aromatic rings. The van der Waals surface area contributed by atoms with Crippen LogP contribution in [0.3, 0.4) is 0 Å². The molecule has 0 aromatic heterocycles. The Morgan fingerprint density at radius 3 is 2.27 bits per heavy atom. The molecule has 1 fully saturated rings. The third kappa shape index (κ3) is 7.46. The summed E-state index contributed by atoms with van der Waals surface area (Å²) in [4.78, 5) is 32.3. The van der Waals surface area contributed by atoms with E-state index in [4.69, 9.17) is 9.73 Å². The number of carbonyl (C=O) groups excluding carboxylic acids is 2. The van der Waals surface area contributed by atoms with Crippen molar-refractivity contribution in [3.63, 3.8) is 0 Å². The minimum Gasteiger partial charge on any atom is -0.450 e. The number of urea groups is 1. The molecular formula is C21H34N6O3. The topological polar surface area (TPSA) is 98.3 Å². The quantitative estimate of drug-likeness (QED) is 0.487. The lowest BCUT2D eigenvalue weighted by Gasteiger charge is -2.35. The molecule has 0 unspecified atom stereocenters. The first-order valence-electron chi connectivity index (χ1n) is 10.5. The average Bonchev–Trinajstić information content (AvgIpc) is 2.72. The molecule has 0 aliphatic carbocycles. The first-order chi connectivity index (χ1) is 14.4. The molecule has 1 aliphatic rings. The molecular weight excluding hydrogens is 384 g/mol. The number of amides is 3. The molecule has 9 nitrogen and oxygen atoms in total. The fourth-order valence-corrected chi connectivity index (χ4v) is 3.03. The van der Waals surface area contributed by atoms with Gasteiger partial charge in [-0.05, 0) is 45.4 Å². The van der Waals surface area contributed by atoms with Crippen molar-refractivity contribution in [2.24, 2.45) is 4.99 Å². The predicted molar refractivity (Wildman–Crippen MR) is 119 cm³/mol. The smallest absolute Gasteiger partial charge is 0.409 e. The molecule has 166 valence electrons. The van der Waals surface area contributed by atoms with E-state index in [0.717, 1.165) is 23.8 Å². The molecule has 30 heavy (non-hydrogen) atoms. The highest BCUT2D eigenvalue weighted by atomic mass is 16.6. The second-order valence-corrected chi connectivity index (χ2v) is 7.29. The lowest BCUT2D eigenvalue weighted by molar-refractivity contribution is 0.0914. The van der Waals surface area contributed by atoms with Crippen molar-refractivity contribution in [1.82, 2.24) is 20.4 Å². The maximum Gasteiger partial charge on any atom is 0.409 e. The van der Waals surface area contributed by atoms with Crippen molar-refractivity contribution < 1.29 is 14.3 Å². The summed E-state index contributed by atoms with van der Waals surface area (Å²) in [6.45, 7) is 12.0. The number of anilines is 1. The Morgan fingerprint density at radius 2 is 1.70 bits per heavy atom. The standard InChI is InChI=1S/C21H34N6O3/c1-5-22-19(26-11-13-27(14-12-26)21(29)30-6-2)23-15-17-7-9-18(10-8-17)25-20(28)24-16(3)4/h7-10,16H,5-6,11-15H2,1-4H3,(H,22,23)(H2,24,25,28). The van der Waals surface area contributed by atoms with Crippen LogP contribution < -0.4 is 16.0 Å². The van der Waals surface area contributed by atoms with Crippen LogP contribution in [0.5, 0.6) is 0 Å². The van der Waals surface area contributed by atoms with Gasteiger partial charge in [0.2, 0.25) is 0 Å². The molecule has 3 amide bonds. The van der Waals surface area contributed by atoms with Crippen LogP contribution in [0.25, 0.3) is 0 Å². The van der Waals surface area contributed by atoms with E-state index >= 15 is 0 Å². The Morgan fingerprint density at radius 1 is 1.07 bits per heavy atom. The van der Waals surface area contributed by atoms with Crippen LogP contribution in [0.15, 0.2) is 29.3 Å². The van der Waals surface area contributed by atoms with E-state index in [1.165, 1.54) is 0 Å². The molecule has 1 aliphatic heterocycles. The van der Waals surface area contributed by atoms with Gasteiger partial charge in [-0.15, -0.1) is 0 Å². The third-order valence-electron chi connectivity index (χ3n) is 4.48. The summed E-state index contributed by atoms with van der Waals surface area (Å²) in [6.07, 6.45) is -0.255. The molecule has 0 radical (unpaired) electrons. The molecule has 2 rings (SSSR count). The van der Waals surface area contributed by atoms with Gasteiger partial charge in [-0.3, -0.25) is 0 Å². The lowest BCUT2D eigenvalue weighted by Crippen LogP contribution is -2.53. The number of aliphatic imine (C=N–C) groups is 1. The minimum absolute atomic E-state index is 0.0854. The number of rotatable bonds is 6. The largest absolute Gasteiger partial charge is 0.450 e. The second-order valence-electron chi connectivity index (χ2n) is 7.29. The zero-order chi connectivity index (χ0) is 21.9. The van der Waals surface area contributed by atoms with Crippen molar-refractivity contribution >= 4 is 23.8 Å². The van der Waals surface area contributed by atoms with E-state index in [-0.39, 0.29) is 18.2 Å². The van der Waals surface area contributed by atoms with Crippen LogP contribution in [0.4, 0.5) is 15.3 Å². The maximum atomic E-state index is 11.9. The fourth-order valence-electron chi connectivity index (χ4n) is 3.03. The normalized spacial score (nSPS) is 14.5. The van der Waals surface area contributed by atoms with Crippen LogP contribution in [-0.4, -0.2) is 73.3 Å². The number of carbonyl (C=O) groups is 2. The van der Waals surface area contributed by atoms with Crippen molar-refractivity contribution in [1.29, 1.82) is 0 Å². The van der Waals surface area contributed by atoms with Gasteiger partial charge in [0, 0.05) is 44.5 Å². The van der Waals surface area contributed by atoms with Crippen LogP contribution in [0.1, 0.15) is 33.3 Å². The number of hydrogen-bond donors (Lipinski definition) is 3. The van der Waals surface area contributed by atoms with Crippen LogP contribution >= 0.6 is 0 Å². The highest BCUT2D eigenvalue weighted by Crippen LogP contribution is 2.11. The number of nitrogens with one attached hydrogen (secondary N) is 3. The first kappa shape index (κ1) is 23.3. The number of ether oxygens (including phenoxy) is 1. The highest BCUT2D eigenvalue weighted by Gasteiger charge is 2.23. The Bertz CT molecular complexity index is 712. The van der Waals surface area contributed by atoms with Crippen molar-refractivity contribution in [3.05, 3.63) is 29.8 Å². The summed E-state index contributed by atoms with van der Waals surface area (Å²) in [5.41, 5.74) is 1.79. The second kappa shape index (κ2) is 11.9. The molecule has 9 heteroatoms. The monoisotopic (exact) mass is 418 g/mol. The molecule has 1 heterocycles. The van der Waals surface area contributed by atoms with E-state index in [0.29, 0.717) is 39.3 Å². The third-order valence-corrected chi connectivity index (χ3v) is 4.48. The Labute approximate surface area is 178 Å². The molecule has 1 aromatic carbocycles. The predicted octanol–water partition coefficient (Wildman–Crippen LogP) is 2.46. The lowest BCUT2D eigenvalue weighted by atomic mass is 10.2. The zero-order valence-corrected chi connectivity index (χ0v) is 18.4. The Kier molecular flexibility index (Phi) is 9.24. The van der Waals surface area contributed by atoms with Crippen molar-refractivity contribution in [3.8, 4) is 0 Å². The molecule has 0 spiro atoms. The minimum atomic E-state index is -0.255. The van der Waals surface area contributed by atoms with E-state index in [1.54, 1.807) is 4.90 Å². The Hall–Kier alpha value is -2.97. The number of hydrogen-bond acceptors (Lipinski definition) is 4. The van der Waals surface area contributed by atoms with Gasteiger partial charge < -0.3 is 30.5 Å². The summed E-state index contributed by atoms with van der Waals surface area (Å²) in [5, 5.41) is 8.93. The summed E-state index contributed by atoms with van der Waals surface area (Å²) in [6, 6.07) is 7.52. The van der Waals surface area contributed by atoms with Crippen LogP contribution in [0.2, 0.25) is 0 Å². The SMILES string of the molecule is CCNC(=NCc1ccc(NC(=O)NC(C)C)cc1)N1CCN(C(=O)OCC)CC1. The van der Waals surface area contributed by atoms with E-state index < -0.39 is 0 Å². The first-order valence-corrected chi connectivity index (χ1v) is 10.5. The van der Waals surface area contributed by atoms with E-state index in [1.807, 2.05) is 52.0 Å². The molecule has 0 bridgehead atoms. The number of piperazine rings is 1. The van der Waals surface area contributed by atoms with Crippen molar-refractivity contribution in [2.75, 3.05) is 44.6 Å². The van der Waals surface area contributed by atoms with Gasteiger partial charge >= 0.3 is 12.1 Å². The molecule has 3 N–H and O–H groups in total. The summed E-state index contributed by atoms with van der Waals surface area (Å²) in [5.74, 6) is 0.833. The molecule has 0 atom stereocenters. The average molecular weight is 419 g/mol.